The molecule has 0 aromatic carbocycles. The summed E-state index contributed by atoms with van der Waals surface area (Å²) < 4.78 is 0. The summed E-state index contributed by atoms with van der Waals surface area (Å²) in [5.41, 5.74) is 0.937. The zero-order chi connectivity index (χ0) is 7.40. The Bertz CT molecular complexity index is 232. The second-order valence-corrected chi connectivity index (χ2v) is 2.64. The second-order valence-electron chi connectivity index (χ2n) is 1.81. The van der Waals surface area contributed by atoms with Gasteiger partial charge in [0.25, 0.3) is 0 Å². The van der Waals surface area contributed by atoms with Crippen LogP contribution in [0.2, 0.25) is 0 Å². The quantitative estimate of drug-likeness (QED) is 0.602. The molecule has 0 radical (unpaired) electrons. The molecule has 1 aromatic rings. The minimum atomic E-state index is 0.937. The average Bonchev–Trinajstić information content (AvgIpc) is 2.05. The topological polar surface area (TPSA) is 12.9 Å². The molecular formula is C8H9NS. The van der Waals surface area contributed by atoms with Gasteiger partial charge in [-0.2, -0.15) is 0 Å². The Morgan fingerprint density at radius 2 is 2.40 bits per heavy atom. The van der Waals surface area contributed by atoms with E-state index in [0.717, 1.165) is 10.7 Å². The van der Waals surface area contributed by atoms with Gasteiger partial charge in [-0.25, -0.2) is 4.98 Å². The van der Waals surface area contributed by atoms with Crippen molar-refractivity contribution < 1.29 is 0 Å². The van der Waals surface area contributed by atoms with Gasteiger partial charge in [-0.1, -0.05) is 12.6 Å². The summed E-state index contributed by atoms with van der Waals surface area (Å²) in [6.07, 6.45) is 3.76. The van der Waals surface area contributed by atoms with Crippen molar-refractivity contribution in [3.8, 4) is 0 Å². The number of aromatic nitrogens is 1. The molecule has 0 N–H and O–H groups in total. The molecule has 0 aliphatic carbocycles. The largest absolute Gasteiger partial charge is 0.242 e. The first-order chi connectivity index (χ1) is 4.86. The van der Waals surface area contributed by atoms with E-state index in [4.69, 9.17) is 0 Å². The van der Waals surface area contributed by atoms with Crippen LogP contribution in [0.3, 0.4) is 0 Å². The molecule has 0 spiro atoms. The molecule has 1 rings (SSSR count). The van der Waals surface area contributed by atoms with Crippen LogP contribution in [-0.4, -0.2) is 11.2 Å². The molecule has 1 aromatic heterocycles. The predicted molar refractivity (Wildman–Crippen MR) is 46.1 cm³/mol. The number of hydrogen-bond acceptors (Lipinski definition) is 2. The van der Waals surface area contributed by atoms with Crippen molar-refractivity contribution in [1.29, 1.82) is 0 Å². The molecule has 0 atom stereocenters. The second kappa shape index (κ2) is 3.42. The van der Waals surface area contributed by atoms with E-state index in [2.05, 4.69) is 11.6 Å². The maximum atomic E-state index is 4.25. The molecular weight excluding hydrogens is 142 g/mol. The van der Waals surface area contributed by atoms with Gasteiger partial charge >= 0.3 is 0 Å². The molecule has 0 aliphatic heterocycles. The van der Waals surface area contributed by atoms with E-state index in [9.17, 15) is 0 Å². The van der Waals surface area contributed by atoms with Crippen molar-refractivity contribution in [3.05, 3.63) is 30.5 Å². The zero-order valence-corrected chi connectivity index (χ0v) is 6.69. The van der Waals surface area contributed by atoms with E-state index in [0.29, 0.717) is 0 Å². The SMILES string of the molecule is C=Cc1cccc(SC)n1. The van der Waals surface area contributed by atoms with Crippen LogP contribution in [0.25, 0.3) is 6.08 Å². The Balaban J connectivity index is 2.98. The Labute approximate surface area is 65.2 Å². The lowest BCUT2D eigenvalue weighted by molar-refractivity contribution is 1.12. The maximum Gasteiger partial charge on any atom is 0.0964 e. The van der Waals surface area contributed by atoms with Gasteiger partial charge in [0.1, 0.15) is 0 Å². The summed E-state index contributed by atoms with van der Waals surface area (Å²) in [6.45, 7) is 3.63. The van der Waals surface area contributed by atoms with Crippen LogP contribution in [0.4, 0.5) is 0 Å². The molecule has 10 heavy (non-hydrogen) atoms. The number of nitrogens with zero attached hydrogens (tertiary/aromatic N) is 1. The maximum absolute atomic E-state index is 4.25. The highest BCUT2D eigenvalue weighted by molar-refractivity contribution is 7.98. The van der Waals surface area contributed by atoms with Gasteiger partial charge in [0.15, 0.2) is 0 Å². The number of rotatable bonds is 2. The molecule has 1 heterocycles. The highest BCUT2D eigenvalue weighted by Crippen LogP contribution is 2.11. The summed E-state index contributed by atoms with van der Waals surface area (Å²) in [4.78, 5) is 4.25. The van der Waals surface area contributed by atoms with E-state index < -0.39 is 0 Å². The van der Waals surface area contributed by atoms with Crippen molar-refractivity contribution in [2.24, 2.45) is 0 Å². The first-order valence-electron chi connectivity index (χ1n) is 3.00. The smallest absolute Gasteiger partial charge is 0.0964 e. The van der Waals surface area contributed by atoms with Gasteiger partial charge in [0.2, 0.25) is 0 Å². The fraction of sp³-hybridized carbons (Fsp3) is 0.125. The first kappa shape index (κ1) is 7.35. The number of pyridine rings is 1. The van der Waals surface area contributed by atoms with Crippen molar-refractivity contribution >= 4 is 17.8 Å². The monoisotopic (exact) mass is 151 g/mol. The zero-order valence-electron chi connectivity index (χ0n) is 5.87. The van der Waals surface area contributed by atoms with Crippen LogP contribution in [-0.2, 0) is 0 Å². The normalized spacial score (nSPS) is 9.30. The predicted octanol–water partition coefficient (Wildman–Crippen LogP) is 2.45. The summed E-state index contributed by atoms with van der Waals surface area (Å²) in [5.74, 6) is 0. The van der Waals surface area contributed by atoms with E-state index >= 15 is 0 Å². The Kier molecular flexibility index (Phi) is 2.51. The fourth-order valence-corrected chi connectivity index (χ4v) is 1.07. The lowest BCUT2D eigenvalue weighted by Gasteiger charge is -1.94. The van der Waals surface area contributed by atoms with Crippen LogP contribution < -0.4 is 0 Å². The van der Waals surface area contributed by atoms with Crippen molar-refractivity contribution in [1.82, 2.24) is 4.98 Å². The minimum Gasteiger partial charge on any atom is -0.242 e. The third-order valence-electron chi connectivity index (χ3n) is 1.16. The van der Waals surface area contributed by atoms with Crippen LogP contribution in [0.1, 0.15) is 5.69 Å². The van der Waals surface area contributed by atoms with E-state index in [1.54, 1.807) is 17.8 Å². The van der Waals surface area contributed by atoms with E-state index in [1.165, 1.54) is 0 Å². The summed E-state index contributed by atoms with van der Waals surface area (Å²) in [5, 5.41) is 1.04. The molecule has 0 bridgehead atoms. The van der Waals surface area contributed by atoms with Crippen molar-refractivity contribution in [3.63, 3.8) is 0 Å². The Hall–Kier alpha value is -0.760. The molecule has 0 fully saturated rings. The molecule has 0 saturated carbocycles. The Morgan fingerprint density at radius 3 is 3.00 bits per heavy atom. The molecule has 2 heteroatoms. The van der Waals surface area contributed by atoms with Gasteiger partial charge in [0.05, 0.1) is 10.7 Å². The molecule has 52 valence electrons. The van der Waals surface area contributed by atoms with Crippen molar-refractivity contribution in [2.45, 2.75) is 5.03 Å². The van der Waals surface area contributed by atoms with E-state index in [-0.39, 0.29) is 0 Å². The highest BCUT2D eigenvalue weighted by atomic mass is 32.2. The van der Waals surface area contributed by atoms with Gasteiger partial charge in [-0.15, -0.1) is 11.8 Å². The highest BCUT2D eigenvalue weighted by Gasteiger charge is 1.89. The van der Waals surface area contributed by atoms with E-state index in [1.807, 2.05) is 24.5 Å². The number of thioether (sulfide) groups is 1. The van der Waals surface area contributed by atoms with Gasteiger partial charge < -0.3 is 0 Å². The summed E-state index contributed by atoms with van der Waals surface area (Å²) >= 11 is 1.64. The van der Waals surface area contributed by atoms with Crippen LogP contribution in [0.5, 0.6) is 0 Å². The third-order valence-corrected chi connectivity index (χ3v) is 1.81. The lowest BCUT2D eigenvalue weighted by atomic mass is 10.3. The first-order valence-corrected chi connectivity index (χ1v) is 4.23. The summed E-state index contributed by atoms with van der Waals surface area (Å²) in [7, 11) is 0. The molecule has 0 saturated heterocycles. The average molecular weight is 151 g/mol. The molecule has 1 nitrogen and oxygen atoms in total. The van der Waals surface area contributed by atoms with Gasteiger partial charge in [0, 0.05) is 0 Å². The summed E-state index contributed by atoms with van der Waals surface area (Å²) in [6, 6.07) is 5.90. The van der Waals surface area contributed by atoms with Crippen molar-refractivity contribution in [2.75, 3.05) is 6.26 Å². The van der Waals surface area contributed by atoms with Crippen LogP contribution in [0.15, 0.2) is 29.8 Å². The number of hydrogen-bond donors (Lipinski definition) is 0. The van der Waals surface area contributed by atoms with Gasteiger partial charge in [-0.05, 0) is 24.5 Å². The fourth-order valence-electron chi connectivity index (χ4n) is 0.658. The third kappa shape index (κ3) is 1.61. The minimum absolute atomic E-state index is 0.937. The molecule has 0 aliphatic rings. The Morgan fingerprint density at radius 1 is 1.60 bits per heavy atom. The van der Waals surface area contributed by atoms with Crippen LogP contribution in [0, 0.1) is 0 Å². The van der Waals surface area contributed by atoms with Gasteiger partial charge in [-0.3, -0.25) is 0 Å². The van der Waals surface area contributed by atoms with Crippen LogP contribution >= 0.6 is 11.8 Å². The molecule has 0 unspecified atom stereocenters. The molecule has 0 amide bonds. The lowest BCUT2D eigenvalue weighted by Crippen LogP contribution is -1.80. The standard InChI is InChI=1S/C8H9NS/c1-3-7-5-4-6-8(9-7)10-2/h3-6H,1H2,2H3.